The minimum atomic E-state index is -3.68. The minimum absolute atomic E-state index is 0.0114. The fourth-order valence-corrected chi connectivity index (χ4v) is 4.17. The first-order valence-corrected chi connectivity index (χ1v) is 7.84. The molecular formula is C12H12BrNO4S. The SMILES string of the molecule is O=C(O)c1ccc(Br)c(S(=O)(=O)N2CC=CCC2)c1. The van der Waals surface area contributed by atoms with Crippen molar-refractivity contribution in [1.29, 1.82) is 0 Å². The molecule has 0 bridgehead atoms. The Morgan fingerprint density at radius 3 is 2.63 bits per heavy atom. The van der Waals surface area contributed by atoms with Crippen LogP contribution >= 0.6 is 15.9 Å². The van der Waals surface area contributed by atoms with Crippen LogP contribution in [0.2, 0.25) is 0 Å². The molecule has 0 spiro atoms. The molecule has 0 aliphatic carbocycles. The predicted octanol–water partition coefficient (Wildman–Crippen LogP) is 2.10. The van der Waals surface area contributed by atoms with E-state index in [0.29, 0.717) is 24.0 Å². The third-order valence-electron chi connectivity index (χ3n) is 2.82. The summed E-state index contributed by atoms with van der Waals surface area (Å²) in [7, 11) is -3.68. The highest BCUT2D eigenvalue weighted by Crippen LogP contribution is 2.27. The third kappa shape index (κ3) is 2.88. The van der Waals surface area contributed by atoms with Gasteiger partial charge in [0.2, 0.25) is 10.0 Å². The molecule has 0 fully saturated rings. The van der Waals surface area contributed by atoms with Crippen molar-refractivity contribution in [2.45, 2.75) is 11.3 Å². The van der Waals surface area contributed by atoms with Crippen LogP contribution in [0.3, 0.4) is 0 Å². The van der Waals surface area contributed by atoms with Crippen LogP contribution in [0.4, 0.5) is 0 Å². The smallest absolute Gasteiger partial charge is 0.335 e. The van der Waals surface area contributed by atoms with Crippen molar-refractivity contribution in [2.24, 2.45) is 0 Å². The molecule has 0 aromatic heterocycles. The number of carbonyl (C=O) groups is 1. The Morgan fingerprint density at radius 1 is 1.32 bits per heavy atom. The average molecular weight is 346 g/mol. The van der Waals surface area contributed by atoms with Crippen LogP contribution in [-0.2, 0) is 10.0 Å². The van der Waals surface area contributed by atoms with E-state index in [1.165, 1.54) is 22.5 Å². The van der Waals surface area contributed by atoms with Crippen molar-refractivity contribution in [3.63, 3.8) is 0 Å². The number of nitrogens with zero attached hydrogens (tertiary/aromatic N) is 1. The molecule has 1 aromatic carbocycles. The number of halogens is 1. The number of benzene rings is 1. The fraction of sp³-hybridized carbons (Fsp3) is 0.250. The maximum absolute atomic E-state index is 12.5. The molecule has 0 saturated heterocycles. The van der Waals surface area contributed by atoms with E-state index in [1.807, 2.05) is 6.08 Å². The number of carboxylic acid groups (broad SMARTS) is 1. The zero-order valence-electron chi connectivity index (χ0n) is 9.91. The van der Waals surface area contributed by atoms with Crippen molar-refractivity contribution in [3.05, 3.63) is 40.4 Å². The first kappa shape index (κ1) is 14.2. The van der Waals surface area contributed by atoms with Crippen LogP contribution < -0.4 is 0 Å². The molecule has 0 radical (unpaired) electrons. The molecule has 1 N–H and O–H groups in total. The standard InChI is InChI=1S/C12H12BrNO4S/c13-10-5-4-9(12(15)16)8-11(10)19(17,18)14-6-2-1-3-7-14/h1-2,4-5,8H,3,6-7H2,(H,15,16). The lowest BCUT2D eigenvalue weighted by molar-refractivity contribution is 0.0696. The summed E-state index contributed by atoms with van der Waals surface area (Å²) in [5.41, 5.74) is -0.0469. The van der Waals surface area contributed by atoms with E-state index < -0.39 is 16.0 Å². The Kier molecular flexibility index (Phi) is 4.07. The van der Waals surface area contributed by atoms with Gasteiger partial charge in [0, 0.05) is 17.6 Å². The molecule has 0 atom stereocenters. The maximum Gasteiger partial charge on any atom is 0.335 e. The van der Waals surface area contributed by atoms with Gasteiger partial charge in [-0.25, -0.2) is 13.2 Å². The van der Waals surface area contributed by atoms with Crippen molar-refractivity contribution in [2.75, 3.05) is 13.1 Å². The third-order valence-corrected chi connectivity index (χ3v) is 5.68. The summed E-state index contributed by atoms with van der Waals surface area (Å²) in [6, 6.07) is 3.98. The van der Waals surface area contributed by atoms with Gasteiger partial charge < -0.3 is 5.11 Å². The summed E-state index contributed by atoms with van der Waals surface area (Å²) in [6.07, 6.45) is 4.38. The molecule has 1 aromatic rings. The van der Waals surface area contributed by atoms with E-state index in [4.69, 9.17) is 5.11 Å². The van der Waals surface area contributed by atoms with E-state index in [2.05, 4.69) is 15.9 Å². The predicted molar refractivity (Wildman–Crippen MR) is 73.6 cm³/mol. The molecule has 0 saturated carbocycles. The molecule has 2 rings (SSSR count). The Bertz CT molecular complexity index is 639. The van der Waals surface area contributed by atoms with Gasteiger partial charge in [-0.15, -0.1) is 0 Å². The second kappa shape index (κ2) is 5.44. The largest absolute Gasteiger partial charge is 0.478 e. The number of carboxylic acids is 1. The normalized spacial score (nSPS) is 16.5. The number of sulfonamides is 1. The van der Waals surface area contributed by atoms with Gasteiger partial charge in [0.15, 0.2) is 0 Å². The first-order chi connectivity index (χ1) is 8.93. The Morgan fingerprint density at radius 2 is 2.05 bits per heavy atom. The maximum atomic E-state index is 12.5. The summed E-state index contributed by atoms with van der Waals surface area (Å²) in [5.74, 6) is -1.15. The Labute approximate surface area is 119 Å². The molecule has 1 aliphatic heterocycles. The van der Waals surface area contributed by atoms with Crippen LogP contribution in [0.5, 0.6) is 0 Å². The van der Waals surface area contributed by atoms with Crippen molar-refractivity contribution in [1.82, 2.24) is 4.31 Å². The topological polar surface area (TPSA) is 74.7 Å². The van der Waals surface area contributed by atoms with E-state index in [9.17, 15) is 13.2 Å². The molecule has 0 unspecified atom stereocenters. The lowest BCUT2D eigenvalue weighted by atomic mass is 10.2. The molecule has 19 heavy (non-hydrogen) atoms. The number of aromatic carboxylic acids is 1. The second-order valence-corrected chi connectivity index (χ2v) is 6.83. The molecule has 0 amide bonds. The van der Waals surface area contributed by atoms with E-state index >= 15 is 0 Å². The highest BCUT2D eigenvalue weighted by molar-refractivity contribution is 9.10. The summed E-state index contributed by atoms with van der Waals surface area (Å²) in [5, 5.41) is 8.94. The van der Waals surface area contributed by atoms with Gasteiger partial charge in [-0.2, -0.15) is 4.31 Å². The van der Waals surface area contributed by atoms with Gasteiger partial charge in [0.1, 0.15) is 0 Å². The van der Waals surface area contributed by atoms with Crippen LogP contribution in [-0.4, -0.2) is 36.9 Å². The highest BCUT2D eigenvalue weighted by Gasteiger charge is 2.27. The monoisotopic (exact) mass is 345 g/mol. The molecular weight excluding hydrogens is 334 g/mol. The summed E-state index contributed by atoms with van der Waals surface area (Å²) < 4.78 is 26.6. The van der Waals surface area contributed by atoms with Gasteiger partial charge >= 0.3 is 5.97 Å². The van der Waals surface area contributed by atoms with Gasteiger partial charge in [0.05, 0.1) is 10.5 Å². The zero-order chi connectivity index (χ0) is 14.0. The molecule has 7 heteroatoms. The number of hydrogen-bond donors (Lipinski definition) is 1. The van der Waals surface area contributed by atoms with Crippen molar-refractivity contribution < 1.29 is 18.3 Å². The van der Waals surface area contributed by atoms with Gasteiger partial charge in [0.25, 0.3) is 0 Å². The molecule has 1 aliphatic rings. The average Bonchev–Trinajstić information content (AvgIpc) is 2.39. The second-order valence-electron chi connectivity index (χ2n) is 4.07. The van der Waals surface area contributed by atoms with E-state index in [0.717, 1.165) is 0 Å². The van der Waals surface area contributed by atoms with Gasteiger partial charge in [-0.05, 0) is 40.5 Å². The van der Waals surface area contributed by atoms with Crippen molar-refractivity contribution >= 4 is 31.9 Å². The Balaban J connectivity index is 2.47. The lowest BCUT2D eigenvalue weighted by Gasteiger charge is -2.23. The summed E-state index contributed by atoms with van der Waals surface area (Å²) in [4.78, 5) is 10.9. The van der Waals surface area contributed by atoms with Crippen LogP contribution in [0.1, 0.15) is 16.8 Å². The van der Waals surface area contributed by atoms with E-state index in [1.54, 1.807) is 6.08 Å². The van der Waals surface area contributed by atoms with Crippen LogP contribution in [0.25, 0.3) is 0 Å². The van der Waals surface area contributed by atoms with Crippen LogP contribution in [0.15, 0.2) is 39.7 Å². The first-order valence-electron chi connectivity index (χ1n) is 5.61. The molecule has 5 nitrogen and oxygen atoms in total. The zero-order valence-corrected chi connectivity index (χ0v) is 12.3. The minimum Gasteiger partial charge on any atom is -0.478 e. The van der Waals surface area contributed by atoms with Crippen molar-refractivity contribution in [3.8, 4) is 0 Å². The lowest BCUT2D eigenvalue weighted by Crippen LogP contribution is -2.34. The van der Waals surface area contributed by atoms with Gasteiger partial charge in [-0.3, -0.25) is 0 Å². The Hall–Kier alpha value is -1.18. The van der Waals surface area contributed by atoms with E-state index in [-0.39, 0.29) is 10.5 Å². The summed E-state index contributed by atoms with van der Waals surface area (Å²) >= 11 is 3.17. The highest BCUT2D eigenvalue weighted by atomic mass is 79.9. The summed E-state index contributed by atoms with van der Waals surface area (Å²) in [6.45, 7) is 0.717. The van der Waals surface area contributed by atoms with Gasteiger partial charge in [-0.1, -0.05) is 12.2 Å². The fourth-order valence-electron chi connectivity index (χ4n) is 1.81. The molecule has 1 heterocycles. The van der Waals surface area contributed by atoms with Crippen LogP contribution in [0, 0.1) is 0 Å². The molecule has 102 valence electrons. The quantitative estimate of drug-likeness (QED) is 0.851. The number of hydrogen-bond acceptors (Lipinski definition) is 3. The number of rotatable bonds is 3.